The van der Waals surface area contributed by atoms with Gasteiger partial charge in [0.1, 0.15) is 0 Å². The van der Waals surface area contributed by atoms with Gasteiger partial charge in [0, 0.05) is 24.5 Å². The van der Waals surface area contributed by atoms with E-state index in [1.807, 2.05) is 6.07 Å². The highest BCUT2D eigenvalue weighted by molar-refractivity contribution is 9.11. The Morgan fingerprint density at radius 2 is 2.20 bits per heavy atom. The number of hydrogen-bond acceptors (Lipinski definition) is 4. The average Bonchev–Trinajstić information content (AvgIpc) is 2.85. The first-order valence-electron chi connectivity index (χ1n) is 6.87. The molecular formula is C14H20BrNO3S. The Labute approximate surface area is 131 Å². The monoisotopic (exact) mass is 361 g/mol. The van der Waals surface area contributed by atoms with Crippen molar-refractivity contribution >= 4 is 33.2 Å². The van der Waals surface area contributed by atoms with Crippen molar-refractivity contribution in [1.82, 2.24) is 5.32 Å². The highest BCUT2D eigenvalue weighted by atomic mass is 79.9. The summed E-state index contributed by atoms with van der Waals surface area (Å²) >= 11 is 5.14. The van der Waals surface area contributed by atoms with Crippen LogP contribution in [-0.2, 0) is 16.0 Å². The molecule has 0 aromatic carbocycles. The van der Waals surface area contributed by atoms with Gasteiger partial charge in [0.2, 0.25) is 5.91 Å². The zero-order valence-electron chi connectivity index (χ0n) is 11.4. The van der Waals surface area contributed by atoms with E-state index in [9.17, 15) is 9.90 Å². The number of nitrogens with one attached hydrogen (secondary N) is 1. The molecule has 0 bridgehead atoms. The second-order valence-electron chi connectivity index (χ2n) is 5.16. The summed E-state index contributed by atoms with van der Waals surface area (Å²) in [4.78, 5) is 13.3. The average molecular weight is 362 g/mol. The number of carbonyl (C=O) groups excluding carboxylic acids is 1. The van der Waals surface area contributed by atoms with Crippen LogP contribution in [0.1, 0.15) is 30.6 Å². The topological polar surface area (TPSA) is 58.6 Å². The molecule has 20 heavy (non-hydrogen) atoms. The molecule has 112 valence electrons. The lowest BCUT2D eigenvalue weighted by Gasteiger charge is -2.36. The zero-order valence-corrected chi connectivity index (χ0v) is 13.8. The van der Waals surface area contributed by atoms with Gasteiger partial charge in [0.05, 0.1) is 15.9 Å². The van der Waals surface area contributed by atoms with Crippen molar-refractivity contribution in [1.29, 1.82) is 0 Å². The highest BCUT2D eigenvalue weighted by Gasteiger charge is 2.33. The number of amides is 1. The zero-order chi connectivity index (χ0) is 14.4. The van der Waals surface area contributed by atoms with Gasteiger partial charge in [-0.3, -0.25) is 4.79 Å². The first kappa shape index (κ1) is 15.9. The first-order chi connectivity index (χ1) is 9.63. The maximum absolute atomic E-state index is 12.0. The molecule has 2 rings (SSSR count). The third-order valence-electron chi connectivity index (χ3n) is 3.61. The van der Waals surface area contributed by atoms with Gasteiger partial charge in [-0.15, -0.1) is 11.3 Å². The van der Waals surface area contributed by atoms with Gasteiger partial charge in [-0.25, -0.2) is 0 Å². The maximum Gasteiger partial charge on any atom is 0.220 e. The number of aliphatic hydroxyl groups excluding tert-OH is 1. The molecule has 0 unspecified atom stereocenters. The minimum atomic E-state index is -0.471. The van der Waals surface area contributed by atoms with E-state index in [4.69, 9.17) is 4.74 Å². The third kappa shape index (κ3) is 4.55. The van der Waals surface area contributed by atoms with Gasteiger partial charge < -0.3 is 15.2 Å². The second-order valence-corrected chi connectivity index (χ2v) is 7.71. The predicted molar refractivity (Wildman–Crippen MR) is 83.0 cm³/mol. The Morgan fingerprint density at radius 3 is 2.80 bits per heavy atom. The van der Waals surface area contributed by atoms with Gasteiger partial charge in [-0.2, -0.15) is 0 Å². The van der Waals surface area contributed by atoms with Crippen LogP contribution < -0.4 is 5.32 Å². The molecule has 4 nitrogen and oxygen atoms in total. The maximum atomic E-state index is 12.0. The molecule has 1 saturated heterocycles. The lowest BCUT2D eigenvalue weighted by Crippen LogP contribution is -2.54. The quantitative estimate of drug-likeness (QED) is 0.818. The molecule has 0 atom stereocenters. The number of hydrogen-bond donors (Lipinski definition) is 2. The van der Waals surface area contributed by atoms with E-state index in [2.05, 4.69) is 27.3 Å². The SMILES string of the molecule is O=C(CCCc1ccc(Br)s1)NC1(CO)CCOCC1. The Balaban J connectivity index is 1.74. The standard InChI is InChI=1S/C14H20BrNO3S/c15-12-5-4-11(20-12)2-1-3-13(18)16-14(10-17)6-8-19-9-7-14/h4-5,17H,1-3,6-10H2,(H,16,18). The summed E-state index contributed by atoms with van der Waals surface area (Å²) in [6.07, 6.45) is 3.62. The van der Waals surface area contributed by atoms with Crippen molar-refractivity contribution in [2.45, 2.75) is 37.6 Å². The number of halogens is 1. The van der Waals surface area contributed by atoms with E-state index in [0.717, 1.165) is 16.6 Å². The smallest absolute Gasteiger partial charge is 0.220 e. The molecule has 2 heterocycles. The third-order valence-corrected chi connectivity index (χ3v) is 5.30. The lowest BCUT2D eigenvalue weighted by atomic mass is 9.90. The van der Waals surface area contributed by atoms with E-state index >= 15 is 0 Å². The fourth-order valence-electron chi connectivity index (χ4n) is 2.35. The molecule has 0 aliphatic carbocycles. The van der Waals surface area contributed by atoms with E-state index in [1.54, 1.807) is 11.3 Å². The largest absolute Gasteiger partial charge is 0.394 e. The number of aliphatic hydroxyl groups is 1. The van der Waals surface area contributed by atoms with Gasteiger partial charge in [-0.1, -0.05) is 0 Å². The summed E-state index contributed by atoms with van der Waals surface area (Å²) in [5.74, 6) is 0.0246. The van der Waals surface area contributed by atoms with Crippen LogP contribution in [0.4, 0.5) is 0 Å². The van der Waals surface area contributed by atoms with Crippen molar-refractivity contribution in [2.75, 3.05) is 19.8 Å². The summed E-state index contributed by atoms with van der Waals surface area (Å²) < 4.78 is 6.41. The summed E-state index contributed by atoms with van der Waals surface area (Å²) in [5, 5.41) is 12.5. The molecular weight excluding hydrogens is 342 g/mol. The number of thiophene rings is 1. The molecule has 2 N–H and O–H groups in total. The summed E-state index contributed by atoms with van der Waals surface area (Å²) in [6.45, 7) is 1.19. The minimum absolute atomic E-state index is 0.0139. The van der Waals surface area contributed by atoms with Crippen LogP contribution in [0.3, 0.4) is 0 Å². The van der Waals surface area contributed by atoms with Crippen molar-refractivity contribution < 1.29 is 14.6 Å². The number of aryl methyl sites for hydroxylation is 1. The molecule has 1 amide bonds. The molecule has 1 aliphatic heterocycles. The predicted octanol–water partition coefficient (Wildman–Crippen LogP) is 2.49. The van der Waals surface area contributed by atoms with E-state index in [0.29, 0.717) is 32.5 Å². The molecule has 1 aromatic heterocycles. The number of carbonyl (C=O) groups is 1. The van der Waals surface area contributed by atoms with E-state index in [1.165, 1.54) is 4.88 Å². The Bertz CT molecular complexity index is 443. The van der Waals surface area contributed by atoms with Crippen LogP contribution in [0.25, 0.3) is 0 Å². The van der Waals surface area contributed by atoms with Crippen LogP contribution in [0.15, 0.2) is 15.9 Å². The molecule has 1 fully saturated rings. The Kier molecular flexibility index (Phi) is 6.01. The summed E-state index contributed by atoms with van der Waals surface area (Å²) in [7, 11) is 0. The highest BCUT2D eigenvalue weighted by Crippen LogP contribution is 2.24. The van der Waals surface area contributed by atoms with Crippen molar-refractivity contribution in [3.8, 4) is 0 Å². The van der Waals surface area contributed by atoms with Crippen LogP contribution in [0, 0.1) is 0 Å². The van der Waals surface area contributed by atoms with Gasteiger partial charge in [0.25, 0.3) is 0 Å². The van der Waals surface area contributed by atoms with Crippen molar-refractivity contribution in [3.05, 3.63) is 20.8 Å². The minimum Gasteiger partial charge on any atom is -0.394 e. The molecule has 0 saturated carbocycles. The molecule has 6 heteroatoms. The number of ether oxygens (including phenoxy) is 1. The first-order valence-corrected chi connectivity index (χ1v) is 8.48. The van der Waals surface area contributed by atoms with Gasteiger partial charge in [0.15, 0.2) is 0 Å². The van der Waals surface area contributed by atoms with E-state index < -0.39 is 5.54 Å². The lowest BCUT2D eigenvalue weighted by molar-refractivity contribution is -0.125. The fourth-order valence-corrected chi connectivity index (χ4v) is 3.88. The number of rotatable bonds is 6. The van der Waals surface area contributed by atoms with Crippen LogP contribution >= 0.6 is 27.3 Å². The summed E-state index contributed by atoms with van der Waals surface area (Å²) in [5.41, 5.74) is -0.471. The molecule has 0 radical (unpaired) electrons. The molecule has 1 aromatic rings. The van der Waals surface area contributed by atoms with Crippen LogP contribution in [-0.4, -0.2) is 36.4 Å². The van der Waals surface area contributed by atoms with Gasteiger partial charge in [-0.05, 0) is 53.7 Å². The van der Waals surface area contributed by atoms with E-state index in [-0.39, 0.29) is 12.5 Å². The second kappa shape index (κ2) is 7.54. The Hall–Kier alpha value is -0.430. The van der Waals surface area contributed by atoms with Crippen LogP contribution in [0.2, 0.25) is 0 Å². The van der Waals surface area contributed by atoms with Crippen molar-refractivity contribution in [2.24, 2.45) is 0 Å². The van der Waals surface area contributed by atoms with Gasteiger partial charge >= 0.3 is 0 Å². The van der Waals surface area contributed by atoms with Crippen LogP contribution in [0.5, 0.6) is 0 Å². The van der Waals surface area contributed by atoms with Crippen molar-refractivity contribution in [3.63, 3.8) is 0 Å². The molecule has 1 aliphatic rings. The molecule has 0 spiro atoms. The fraction of sp³-hybridized carbons (Fsp3) is 0.643. The normalized spacial score (nSPS) is 17.9. The Morgan fingerprint density at radius 1 is 1.45 bits per heavy atom. The summed E-state index contributed by atoms with van der Waals surface area (Å²) in [6, 6.07) is 4.11.